The predicted octanol–water partition coefficient (Wildman–Crippen LogP) is 6.91. The van der Waals surface area contributed by atoms with Gasteiger partial charge in [-0.05, 0) is 60.3 Å². The highest BCUT2D eigenvalue weighted by Crippen LogP contribution is 2.33. The lowest BCUT2D eigenvalue weighted by molar-refractivity contribution is 0.0532. The molecule has 0 amide bonds. The van der Waals surface area contributed by atoms with Crippen LogP contribution in [0.1, 0.15) is 6.92 Å². The maximum atomic E-state index is 6.57. The van der Waals surface area contributed by atoms with Crippen molar-refractivity contribution in [3.05, 3.63) is 90.2 Å². The minimum atomic E-state index is 0.237. The van der Waals surface area contributed by atoms with E-state index in [1.54, 1.807) is 0 Å². The van der Waals surface area contributed by atoms with Crippen LogP contribution in [0.15, 0.2) is 85.2 Å². The summed E-state index contributed by atoms with van der Waals surface area (Å²) in [4.78, 5) is 15.0. The van der Waals surface area contributed by atoms with E-state index < -0.39 is 0 Å². The van der Waals surface area contributed by atoms with E-state index in [0.29, 0.717) is 5.02 Å². The maximum Gasteiger partial charge on any atom is 0.139 e. The van der Waals surface area contributed by atoms with Crippen LogP contribution in [-0.4, -0.2) is 40.8 Å². The smallest absolute Gasteiger partial charge is 0.139 e. The van der Waals surface area contributed by atoms with Crippen molar-refractivity contribution in [2.45, 2.75) is 13.0 Å². The minimum absolute atomic E-state index is 0.237. The summed E-state index contributed by atoms with van der Waals surface area (Å²) in [6.45, 7) is 4.67. The van der Waals surface area contributed by atoms with E-state index in [1.165, 1.54) is 5.69 Å². The number of benzene rings is 3. The number of imidazole rings is 1. The van der Waals surface area contributed by atoms with Gasteiger partial charge in [-0.3, -0.25) is 0 Å². The summed E-state index contributed by atoms with van der Waals surface area (Å²) in [6.07, 6.45) is 3.91. The van der Waals surface area contributed by atoms with E-state index in [0.717, 1.165) is 64.6 Å². The molecule has 0 saturated carbocycles. The summed E-state index contributed by atoms with van der Waals surface area (Å²) >= 11 is 6.57. The first-order chi connectivity index (χ1) is 17.6. The van der Waals surface area contributed by atoms with Crippen molar-refractivity contribution >= 4 is 39.6 Å². The van der Waals surface area contributed by atoms with Crippen LogP contribution < -0.4 is 10.2 Å². The second kappa shape index (κ2) is 9.64. The quantitative estimate of drug-likeness (QED) is 0.277. The number of morpholine rings is 1. The predicted molar refractivity (Wildman–Crippen MR) is 147 cm³/mol. The number of nitrogens with zero attached hydrogens (tertiary/aromatic N) is 3. The molecule has 6 rings (SSSR count). The van der Waals surface area contributed by atoms with Gasteiger partial charge in [0.1, 0.15) is 11.6 Å². The summed E-state index contributed by atoms with van der Waals surface area (Å²) in [7, 11) is 0. The monoisotopic (exact) mass is 495 g/mol. The van der Waals surface area contributed by atoms with E-state index in [-0.39, 0.29) is 6.10 Å². The average molecular weight is 496 g/mol. The molecule has 180 valence electrons. The fourth-order valence-electron chi connectivity index (χ4n) is 4.66. The Labute approximate surface area is 214 Å². The zero-order valence-corrected chi connectivity index (χ0v) is 20.7. The fraction of sp³-hybridized carbons (Fsp3) is 0.172. The van der Waals surface area contributed by atoms with E-state index in [1.807, 2.05) is 60.9 Å². The molecule has 6 nitrogen and oxygen atoms in total. The van der Waals surface area contributed by atoms with Crippen molar-refractivity contribution in [2.75, 3.05) is 29.9 Å². The highest BCUT2D eigenvalue weighted by molar-refractivity contribution is 6.33. The Hall–Kier alpha value is -3.87. The normalized spacial score (nSPS) is 15.8. The number of pyridine rings is 1. The molecule has 36 heavy (non-hydrogen) atoms. The first-order valence-electron chi connectivity index (χ1n) is 12.1. The van der Waals surface area contributed by atoms with E-state index in [2.05, 4.69) is 56.4 Å². The average Bonchev–Trinajstić information content (AvgIpc) is 3.40. The molecule has 0 bridgehead atoms. The molecule has 2 aromatic heterocycles. The zero-order valence-electron chi connectivity index (χ0n) is 19.9. The zero-order chi connectivity index (χ0) is 24.5. The van der Waals surface area contributed by atoms with Crippen LogP contribution in [0.4, 0.5) is 17.2 Å². The second-order valence-electron chi connectivity index (χ2n) is 9.02. The van der Waals surface area contributed by atoms with Crippen molar-refractivity contribution < 1.29 is 4.74 Å². The summed E-state index contributed by atoms with van der Waals surface area (Å²) < 4.78 is 5.70. The standard InChI is InChI=1S/C29H26ClN5O/c1-19-18-35(13-14-36-19)23-8-9-24-21(15-23)11-12-31-28(24)33-22-7-10-26(30)25(16-22)29-32-17-27(34-29)20-5-3-2-4-6-20/h2-12,15-17,19H,13-14,18H2,1H3,(H,31,33)(H,32,34). The molecule has 1 unspecified atom stereocenters. The van der Waals surface area contributed by atoms with Gasteiger partial charge in [0.25, 0.3) is 0 Å². The van der Waals surface area contributed by atoms with Crippen LogP contribution in [0.5, 0.6) is 0 Å². The Bertz CT molecular complexity index is 1520. The van der Waals surface area contributed by atoms with Crippen LogP contribution >= 0.6 is 11.6 Å². The van der Waals surface area contributed by atoms with Crippen LogP contribution in [0.25, 0.3) is 33.4 Å². The summed E-state index contributed by atoms with van der Waals surface area (Å²) in [5.41, 5.74) is 4.94. The number of rotatable bonds is 5. The van der Waals surface area contributed by atoms with Gasteiger partial charge >= 0.3 is 0 Å². The number of aromatic amines is 1. The number of aromatic nitrogens is 3. The number of hydrogen-bond acceptors (Lipinski definition) is 5. The molecule has 1 fully saturated rings. The third-order valence-corrected chi connectivity index (χ3v) is 6.83. The number of hydrogen-bond donors (Lipinski definition) is 2. The van der Waals surface area contributed by atoms with Gasteiger partial charge in [-0.2, -0.15) is 0 Å². The number of H-pyrrole nitrogens is 1. The number of ether oxygens (including phenoxy) is 1. The Kier molecular flexibility index (Phi) is 6.05. The first kappa shape index (κ1) is 22.6. The van der Waals surface area contributed by atoms with Crippen molar-refractivity contribution in [3.8, 4) is 22.6 Å². The largest absolute Gasteiger partial charge is 0.375 e. The van der Waals surface area contributed by atoms with E-state index in [9.17, 15) is 0 Å². The molecule has 0 aliphatic carbocycles. The number of fused-ring (bicyclic) bond motifs is 1. The molecule has 0 spiro atoms. The van der Waals surface area contributed by atoms with Crippen molar-refractivity contribution in [1.29, 1.82) is 0 Å². The van der Waals surface area contributed by atoms with E-state index >= 15 is 0 Å². The lowest BCUT2D eigenvalue weighted by atomic mass is 10.1. The van der Waals surface area contributed by atoms with E-state index in [4.69, 9.17) is 16.3 Å². The second-order valence-corrected chi connectivity index (χ2v) is 9.43. The topological polar surface area (TPSA) is 66.1 Å². The minimum Gasteiger partial charge on any atom is -0.375 e. The van der Waals surface area contributed by atoms with Gasteiger partial charge in [-0.15, -0.1) is 0 Å². The highest BCUT2D eigenvalue weighted by Gasteiger charge is 2.18. The van der Waals surface area contributed by atoms with Gasteiger partial charge in [-0.1, -0.05) is 41.9 Å². The lowest BCUT2D eigenvalue weighted by Gasteiger charge is -2.33. The Morgan fingerprint density at radius 2 is 1.92 bits per heavy atom. The van der Waals surface area contributed by atoms with Crippen LogP contribution in [-0.2, 0) is 4.74 Å². The Morgan fingerprint density at radius 1 is 1.03 bits per heavy atom. The molecule has 1 aliphatic heterocycles. The maximum absolute atomic E-state index is 6.57. The molecule has 1 aliphatic rings. The van der Waals surface area contributed by atoms with Crippen LogP contribution in [0.3, 0.4) is 0 Å². The van der Waals surface area contributed by atoms with Gasteiger partial charge < -0.3 is 19.9 Å². The highest BCUT2D eigenvalue weighted by atomic mass is 35.5. The molecule has 0 radical (unpaired) electrons. The number of anilines is 3. The van der Waals surface area contributed by atoms with Crippen molar-refractivity contribution in [1.82, 2.24) is 15.0 Å². The molecule has 3 heterocycles. The van der Waals surface area contributed by atoms with Gasteiger partial charge in [-0.25, -0.2) is 9.97 Å². The molecule has 2 N–H and O–H groups in total. The van der Waals surface area contributed by atoms with Crippen molar-refractivity contribution in [3.63, 3.8) is 0 Å². The lowest BCUT2D eigenvalue weighted by Crippen LogP contribution is -2.41. The molecular weight excluding hydrogens is 470 g/mol. The number of halogens is 1. The molecule has 1 saturated heterocycles. The third kappa shape index (κ3) is 4.53. The SMILES string of the molecule is CC1CN(c2ccc3c(Nc4ccc(Cl)c(-c5ncc(-c6ccccc6)[nH]5)c4)nccc3c2)CCO1. The summed E-state index contributed by atoms with van der Waals surface area (Å²) in [5.74, 6) is 1.52. The molecule has 3 aromatic carbocycles. The third-order valence-electron chi connectivity index (χ3n) is 6.50. The summed E-state index contributed by atoms with van der Waals surface area (Å²) in [5, 5.41) is 6.31. The van der Waals surface area contributed by atoms with Gasteiger partial charge in [0, 0.05) is 41.6 Å². The van der Waals surface area contributed by atoms with Crippen molar-refractivity contribution in [2.24, 2.45) is 0 Å². The molecule has 7 heteroatoms. The van der Waals surface area contributed by atoms with Gasteiger partial charge in [0.05, 0.1) is 29.6 Å². The van der Waals surface area contributed by atoms with Gasteiger partial charge in [0.15, 0.2) is 0 Å². The number of nitrogens with one attached hydrogen (secondary N) is 2. The fourth-order valence-corrected chi connectivity index (χ4v) is 4.87. The Morgan fingerprint density at radius 3 is 2.78 bits per heavy atom. The molecule has 5 aromatic rings. The summed E-state index contributed by atoms with van der Waals surface area (Å²) in [6, 6.07) is 24.5. The molecule has 1 atom stereocenters. The Balaban J connectivity index is 1.29. The van der Waals surface area contributed by atoms with Crippen LogP contribution in [0, 0.1) is 0 Å². The van der Waals surface area contributed by atoms with Gasteiger partial charge in [0.2, 0.25) is 0 Å². The first-order valence-corrected chi connectivity index (χ1v) is 12.4. The molecular formula is C29H26ClN5O. The van der Waals surface area contributed by atoms with Crippen LogP contribution in [0.2, 0.25) is 5.02 Å².